The highest BCUT2D eigenvalue weighted by molar-refractivity contribution is 5.04. The van der Waals surface area contributed by atoms with Gasteiger partial charge in [0.05, 0.1) is 6.20 Å². The third-order valence-corrected chi connectivity index (χ3v) is 1.40. The van der Waals surface area contributed by atoms with Gasteiger partial charge in [0.15, 0.2) is 0 Å². The van der Waals surface area contributed by atoms with Crippen LogP contribution in [0.25, 0.3) is 0 Å². The molecule has 0 aromatic carbocycles. The Balaban J connectivity index is 2.28. The molecule has 0 aliphatic heterocycles. The first-order chi connectivity index (χ1) is 5.43. The van der Waals surface area contributed by atoms with E-state index in [1.165, 1.54) is 12.0 Å². The van der Waals surface area contributed by atoms with Crippen molar-refractivity contribution in [1.82, 2.24) is 15.5 Å². The van der Waals surface area contributed by atoms with Gasteiger partial charge >= 0.3 is 0 Å². The lowest BCUT2D eigenvalue weighted by Crippen LogP contribution is -2.13. The Morgan fingerprint density at radius 2 is 2.36 bits per heavy atom. The minimum absolute atomic E-state index is 0.892. The lowest BCUT2D eigenvalue weighted by atomic mass is 10.3. The molecule has 1 aromatic rings. The molecule has 0 atom stereocenters. The maximum atomic E-state index is 3.77. The first kappa shape index (κ1) is 8.14. The Hall–Kier alpha value is -0.960. The zero-order valence-electron chi connectivity index (χ0n) is 6.75. The van der Waals surface area contributed by atoms with Gasteiger partial charge in [0.1, 0.15) is 0 Å². The second-order valence-corrected chi connectivity index (χ2v) is 2.43. The lowest BCUT2D eigenvalue weighted by molar-refractivity contribution is 0.672. The monoisotopic (exact) mass is 151 g/mol. The molecule has 0 saturated carbocycles. The van der Waals surface area contributed by atoms with E-state index in [1.807, 2.05) is 6.07 Å². The Morgan fingerprint density at radius 1 is 1.45 bits per heavy atom. The summed E-state index contributed by atoms with van der Waals surface area (Å²) in [4.78, 5) is 0. The molecule has 11 heavy (non-hydrogen) atoms. The van der Waals surface area contributed by atoms with Crippen LogP contribution in [0.1, 0.15) is 18.9 Å². The summed E-state index contributed by atoms with van der Waals surface area (Å²) in [6.45, 7) is 4.10. The minimum atomic E-state index is 0.892. The second kappa shape index (κ2) is 4.79. The van der Waals surface area contributed by atoms with Gasteiger partial charge in [-0.15, -0.1) is 0 Å². The van der Waals surface area contributed by atoms with Crippen LogP contribution in [-0.2, 0) is 6.54 Å². The van der Waals surface area contributed by atoms with Gasteiger partial charge < -0.3 is 5.32 Å². The van der Waals surface area contributed by atoms with Crippen molar-refractivity contribution < 1.29 is 0 Å². The highest BCUT2D eigenvalue weighted by atomic mass is 15.1. The molecule has 0 unspecified atom stereocenters. The summed E-state index contributed by atoms with van der Waals surface area (Å²) < 4.78 is 0. The summed E-state index contributed by atoms with van der Waals surface area (Å²) in [5.41, 5.74) is 1.19. The number of aromatic nitrogens is 2. The summed E-state index contributed by atoms with van der Waals surface area (Å²) in [6.07, 6.45) is 4.66. The maximum absolute atomic E-state index is 3.77. The number of hydrogen-bond acceptors (Lipinski definition) is 3. The van der Waals surface area contributed by atoms with Crippen molar-refractivity contribution in [1.29, 1.82) is 0 Å². The maximum Gasteiger partial charge on any atom is 0.0541 e. The first-order valence-corrected chi connectivity index (χ1v) is 3.89. The average Bonchev–Trinajstić information content (AvgIpc) is 2.07. The predicted octanol–water partition coefficient (Wildman–Crippen LogP) is 0.976. The smallest absolute Gasteiger partial charge is 0.0541 e. The fraction of sp³-hybridized carbons (Fsp3) is 0.500. The molecule has 3 heteroatoms. The van der Waals surface area contributed by atoms with E-state index in [1.54, 1.807) is 12.4 Å². The molecule has 0 aliphatic carbocycles. The van der Waals surface area contributed by atoms with Crippen molar-refractivity contribution in [3.05, 3.63) is 24.0 Å². The molecule has 0 bridgehead atoms. The van der Waals surface area contributed by atoms with Crippen LogP contribution in [0.4, 0.5) is 0 Å². The van der Waals surface area contributed by atoms with Gasteiger partial charge in [0.25, 0.3) is 0 Å². The van der Waals surface area contributed by atoms with E-state index in [9.17, 15) is 0 Å². The van der Waals surface area contributed by atoms with Gasteiger partial charge in [0.2, 0.25) is 0 Å². The van der Waals surface area contributed by atoms with Crippen LogP contribution < -0.4 is 5.32 Å². The van der Waals surface area contributed by atoms with E-state index in [-0.39, 0.29) is 0 Å². The quantitative estimate of drug-likeness (QED) is 0.652. The second-order valence-electron chi connectivity index (χ2n) is 2.43. The van der Waals surface area contributed by atoms with Gasteiger partial charge in [0, 0.05) is 12.7 Å². The van der Waals surface area contributed by atoms with Crippen molar-refractivity contribution in [2.75, 3.05) is 6.54 Å². The average molecular weight is 151 g/mol. The third-order valence-electron chi connectivity index (χ3n) is 1.40. The Morgan fingerprint density at radius 3 is 3.00 bits per heavy atom. The molecular weight excluding hydrogens is 138 g/mol. The highest BCUT2D eigenvalue weighted by Crippen LogP contribution is 1.91. The standard InChI is InChI=1S/C8H13N3/c1-2-4-9-6-8-3-5-10-11-7-8/h3,5,7,9H,2,4,6H2,1H3. The molecule has 1 N–H and O–H groups in total. The summed E-state index contributed by atoms with van der Waals surface area (Å²) in [7, 11) is 0. The summed E-state index contributed by atoms with van der Waals surface area (Å²) in [5.74, 6) is 0. The van der Waals surface area contributed by atoms with E-state index in [4.69, 9.17) is 0 Å². The molecule has 0 aliphatic rings. The number of hydrogen-bond donors (Lipinski definition) is 1. The number of rotatable bonds is 4. The molecular formula is C8H13N3. The normalized spacial score (nSPS) is 9.91. The van der Waals surface area contributed by atoms with Crippen LogP contribution in [0.2, 0.25) is 0 Å². The Bertz CT molecular complexity index is 186. The van der Waals surface area contributed by atoms with E-state index in [0.717, 1.165) is 13.1 Å². The van der Waals surface area contributed by atoms with Gasteiger partial charge in [-0.2, -0.15) is 10.2 Å². The molecule has 1 aromatic heterocycles. The predicted molar refractivity (Wildman–Crippen MR) is 44.0 cm³/mol. The molecule has 1 rings (SSSR count). The lowest BCUT2D eigenvalue weighted by Gasteiger charge is -2.00. The Kier molecular flexibility index (Phi) is 3.55. The molecule has 0 saturated heterocycles. The molecule has 60 valence electrons. The van der Waals surface area contributed by atoms with Crippen LogP contribution in [0.5, 0.6) is 0 Å². The SMILES string of the molecule is CCCNCc1ccnnc1. The fourth-order valence-corrected chi connectivity index (χ4v) is 0.832. The van der Waals surface area contributed by atoms with Gasteiger partial charge in [-0.05, 0) is 24.6 Å². The highest BCUT2D eigenvalue weighted by Gasteiger charge is 1.89. The number of nitrogens with zero attached hydrogens (tertiary/aromatic N) is 2. The van der Waals surface area contributed by atoms with E-state index >= 15 is 0 Å². The first-order valence-electron chi connectivity index (χ1n) is 3.89. The van der Waals surface area contributed by atoms with Crippen LogP contribution in [0.15, 0.2) is 18.5 Å². The van der Waals surface area contributed by atoms with E-state index < -0.39 is 0 Å². The van der Waals surface area contributed by atoms with Crippen LogP contribution >= 0.6 is 0 Å². The largest absolute Gasteiger partial charge is 0.313 e. The van der Waals surface area contributed by atoms with E-state index in [0.29, 0.717) is 0 Å². The van der Waals surface area contributed by atoms with Gasteiger partial charge in [-0.25, -0.2) is 0 Å². The molecule has 0 fully saturated rings. The molecule has 3 nitrogen and oxygen atoms in total. The summed E-state index contributed by atoms with van der Waals surface area (Å²) in [5, 5.41) is 10.8. The van der Waals surface area contributed by atoms with Gasteiger partial charge in [-0.3, -0.25) is 0 Å². The molecule has 0 amide bonds. The van der Waals surface area contributed by atoms with Crippen LogP contribution in [-0.4, -0.2) is 16.7 Å². The van der Waals surface area contributed by atoms with Crippen molar-refractivity contribution in [2.24, 2.45) is 0 Å². The Labute approximate surface area is 66.8 Å². The fourth-order valence-electron chi connectivity index (χ4n) is 0.832. The zero-order valence-corrected chi connectivity index (χ0v) is 6.75. The number of nitrogens with one attached hydrogen (secondary N) is 1. The van der Waals surface area contributed by atoms with Crippen LogP contribution in [0.3, 0.4) is 0 Å². The van der Waals surface area contributed by atoms with Crippen molar-refractivity contribution in [2.45, 2.75) is 19.9 Å². The zero-order chi connectivity index (χ0) is 7.94. The van der Waals surface area contributed by atoms with Crippen molar-refractivity contribution >= 4 is 0 Å². The summed E-state index contributed by atoms with van der Waals surface area (Å²) >= 11 is 0. The molecule has 0 radical (unpaired) electrons. The van der Waals surface area contributed by atoms with Crippen molar-refractivity contribution in [3.63, 3.8) is 0 Å². The minimum Gasteiger partial charge on any atom is -0.313 e. The van der Waals surface area contributed by atoms with Gasteiger partial charge in [-0.1, -0.05) is 6.92 Å². The molecule has 0 spiro atoms. The van der Waals surface area contributed by atoms with Crippen molar-refractivity contribution in [3.8, 4) is 0 Å². The summed E-state index contributed by atoms with van der Waals surface area (Å²) in [6, 6.07) is 1.97. The molecule has 1 heterocycles. The van der Waals surface area contributed by atoms with E-state index in [2.05, 4.69) is 22.4 Å². The third kappa shape index (κ3) is 3.09. The van der Waals surface area contributed by atoms with Crippen LogP contribution in [0, 0.1) is 0 Å². The topological polar surface area (TPSA) is 37.8 Å².